The van der Waals surface area contributed by atoms with Gasteiger partial charge in [-0.05, 0) is 57.3 Å². The Hall–Kier alpha value is -1.32. The molecule has 0 aromatic carbocycles. The number of aromatic nitrogens is 2. The zero-order chi connectivity index (χ0) is 15.0. The van der Waals surface area contributed by atoms with Crippen LogP contribution >= 0.6 is 0 Å². The second kappa shape index (κ2) is 5.82. The summed E-state index contributed by atoms with van der Waals surface area (Å²) in [5.41, 5.74) is 1.72. The minimum absolute atomic E-state index is 0.0464. The summed E-state index contributed by atoms with van der Waals surface area (Å²) < 4.78 is 1.93. The fourth-order valence-corrected chi connectivity index (χ4v) is 4.40. The Labute approximate surface area is 127 Å². The Kier molecular flexibility index (Phi) is 4.05. The second-order valence-corrected chi connectivity index (χ2v) is 6.97. The number of hydrogen-bond donors (Lipinski definition) is 1. The van der Waals surface area contributed by atoms with E-state index >= 15 is 0 Å². The maximum absolute atomic E-state index is 12.5. The van der Waals surface area contributed by atoms with E-state index in [0.29, 0.717) is 5.92 Å². The number of aryl methyl sites for hydroxylation is 1. The highest BCUT2D eigenvalue weighted by molar-refractivity contribution is 5.95. The highest BCUT2D eigenvalue weighted by atomic mass is 16.1. The third-order valence-electron chi connectivity index (χ3n) is 5.58. The van der Waals surface area contributed by atoms with Crippen molar-refractivity contribution in [2.24, 2.45) is 17.8 Å². The topological polar surface area (TPSA) is 46.9 Å². The molecule has 0 spiro atoms. The van der Waals surface area contributed by atoms with Crippen LogP contribution in [-0.4, -0.2) is 21.7 Å². The van der Waals surface area contributed by atoms with Gasteiger partial charge in [-0.25, -0.2) is 0 Å². The van der Waals surface area contributed by atoms with E-state index in [-0.39, 0.29) is 11.9 Å². The lowest BCUT2D eigenvalue weighted by Gasteiger charge is -2.28. The van der Waals surface area contributed by atoms with Gasteiger partial charge >= 0.3 is 0 Å². The molecule has 1 amide bonds. The first-order valence-corrected chi connectivity index (χ1v) is 8.43. The standard InChI is InChI=1S/C17H27N3O/c1-4-7-20-12(3)16(10-18-20)17(21)19-11(2)15-9-13-5-6-14(15)8-13/h10-11,13-15H,4-9H2,1-3H3,(H,19,21)/t11-,13+,14+,15+/m1/s1. The zero-order valence-electron chi connectivity index (χ0n) is 13.4. The molecule has 21 heavy (non-hydrogen) atoms. The van der Waals surface area contributed by atoms with Crippen LogP contribution < -0.4 is 5.32 Å². The Morgan fingerprint density at radius 1 is 1.48 bits per heavy atom. The number of carbonyl (C=O) groups excluding carboxylic acids is 1. The molecule has 2 saturated carbocycles. The van der Waals surface area contributed by atoms with Gasteiger partial charge in [0, 0.05) is 18.3 Å². The van der Waals surface area contributed by atoms with Gasteiger partial charge < -0.3 is 5.32 Å². The van der Waals surface area contributed by atoms with Crippen molar-refractivity contribution in [1.82, 2.24) is 15.1 Å². The minimum Gasteiger partial charge on any atom is -0.349 e. The van der Waals surface area contributed by atoms with Gasteiger partial charge in [0.1, 0.15) is 0 Å². The molecule has 2 aliphatic carbocycles. The van der Waals surface area contributed by atoms with E-state index in [2.05, 4.69) is 24.3 Å². The largest absolute Gasteiger partial charge is 0.349 e. The van der Waals surface area contributed by atoms with Crippen LogP contribution in [0.15, 0.2) is 6.20 Å². The van der Waals surface area contributed by atoms with Crippen LogP contribution in [0.1, 0.15) is 62.0 Å². The van der Waals surface area contributed by atoms with Crippen LogP contribution in [0.4, 0.5) is 0 Å². The summed E-state index contributed by atoms with van der Waals surface area (Å²) in [6.45, 7) is 7.16. The van der Waals surface area contributed by atoms with Gasteiger partial charge in [0.05, 0.1) is 11.8 Å². The summed E-state index contributed by atoms with van der Waals surface area (Å²) in [4.78, 5) is 12.5. The maximum atomic E-state index is 12.5. The van der Waals surface area contributed by atoms with Crippen molar-refractivity contribution in [3.05, 3.63) is 17.5 Å². The van der Waals surface area contributed by atoms with Crippen molar-refractivity contribution >= 4 is 5.91 Å². The molecule has 4 nitrogen and oxygen atoms in total. The number of nitrogens with zero attached hydrogens (tertiary/aromatic N) is 2. The van der Waals surface area contributed by atoms with E-state index in [1.54, 1.807) is 6.20 Å². The molecule has 0 unspecified atom stereocenters. The lowest BCUT2D eigenvalue weighted by Crippen LogP contribution is -2.40. The molecular weight excluding hydrogens is 262 g/mol. The van der Waals surface area contributed by atoms with Crippen molar-refractivity contribution < 1.29 is 4.79 Å². The van der Waals surface area contributed by atoms with E-state index in [1.165, 1.54) is 25.7 Å². The molecule has 4 heteroatoms. The molecule has 2 aliphatic rings. The van der Waals surface area contributed by atoms with Gasteiger partial charge in [-0.1, -0.05) is 13.3 Å². The van der Waals surface area contributed by atoms with Crippen LogP contribution in [0, 0.1) is 24.7 Å². The summed E-state index contributed by atoms with van der Waals surface area (Å²) in [6.07, 6.45) is 8.21. The molecule has 116 valence electrons. The van der Waals surface area contributed by atoms with Crippen molar-refractivity contribution in [3.63, 3.8) is 0 Å². The maximum Gasteiger partial charge on any atom is 0.254 e. The molecule has 1 heterocycles. The highest BCUT2D eigenvalue weighted by Crippen LogP contribution is 2.49. The first-order valence-electron chi connectivity index (χ1n) is 8.43. The fraction of sp³-hybridized carbons (Fsp3) is 0.765. The molecule has 0 radical (unpaired) electrons. The Bertz CT molecular complexity index is 522. The third kappa shape index (κ3) is 2.72. The molecule has 3 rings (SSSR count). The van der Waals surface area contributed by atoms with Gasteiger partial charge in [0.2, 0.25) is 0 Å². The number of amides is 1. The average Bonchev–Trinajstić information content (AvgIpc) is 3.15. The van der Waals surface area contributed by atoms with Crippen molar-refractivity contribution in [2.45, 2.75) is 65.5 Å². The molecule has 4 atom stereocenters. The van der Waals surface area contributed by atoms with Gasteiger partial charge in [-0.2, -0.15) is 5.10 Å². The summed E-state index contributed by atoms with van der Waals surface area (Å²) in [7, 11) is 0. The van der Waals surface area contributed by atoms with Crippen LogP contribution in [-0.2, 0) is 6.54 Å². The van der Waals surface area contributed by atoms with Crippen molar-refractivity contribution in [2.75, 3.05) is 0 Å². The highest BCUT2D eigenvalue weighted by Gasteiger charge is 2.42. The summed E-state index contributed by atoms with van der Waals surface area (Å²) in [5, 5.41) is 7.55. The Morgan fingerprint density at radius 2 is 2.29 bits per heavy atom. The normalized spacial score (nSPS) is 28.8. The predicted octanol–water partition coefficient (Wildman–Crippen LogP) is 3.16. The smallest absolute Gasteiger partial charge is 0.254 e. The fourth-order valence-electron chi connectivity index (χ4n) is 4.40. The second-order valence-electron chi connectivity index (χ2n) is 6.97. The minimum atomic E-state index is 0.0464. The van der Waals surface area contributed by atoms with Crippen LogP contribution in [0.2, 0.25) is 0 Å². The summed E-state index contributed by atoms with van der Waals surface area (Å²) in [6, 6.07) is 0.279. The molecule has 1 aromatic heterocycles. The first kappa shape index (κ1) is 14.6. The monoisotopic (exact) mass is 289 g/mol. The van der Waals surface area contributed by atoms with Gasteiger partial charge in [0.15, 0.2) is 0 Å². The van der Waals surface area contributed by atoms with E-state index in [0.717, 1.165) is 36.1 Å². The van der Waals surface area contributed by atoms with Crippen molar-refractivity contribution in [1.29, 1.82) is 0 Å². The Morgan fingerprint density at radius 3 is 2.90 bits per heavy atom. The molecule has 2 fully saturated rings. The first-order chi connectivity index (χ1) is 10.1. The number of hydrogen-bond acceptors (Lipinski definition) is 2. The number of carbonyl (C=O) groups is 1. The number of nitrogens with one attached hydrogen (secondary N) is 1. The van der Waals surface area contributed by atoms with Gasteiger partial charge in [0.25, 0.3) is 5.91 Å². The van der Waals surface area contributed by atoms with Gasteiger partial charge in [-0.15, -0.1) is 0 Å². The summed E-state index contributed by atoms with van der Waals surface area (Å²) in [5.74, 6) is 2.49. The van der Waals surface area contributed by atoms with E-state index in [1.807, 2.05) is 11.6 Å². The number of rotatable bonds is 5. The molecular formula is C17H27N3O. The summed E-state index contributed by atoms with van der Waals surface area (Å²) >= 11 is 0. The lowest BCUT2D eigenvalue weighted by molar-refractivity contribution is 0.0914. The van der Waals surface area contributed by atoms with Crippen LogP contribution in [0.5, 0.6) is 0 Å². The third-order valence-corrected chi connectivity index (χ3v) is 5.58. The SMILES string of the molecule is CCCn1ncc(C(=O)N[C@H](C)[C@@H]2C[C@H]3CC[C@H]2C3)c1C. The quantitative estimate of drug-likeness (QED) is 0.905. The molecule has 1 aromatic rings. The molecule has 2 bridgehead atoms. The lowest BCUT2D eigenvalue weighted by atomic mass is 9.84. The van der Waals surface area contributed by atoms with Crippen LogP contribution in [0.3, 0.4) is 0 Å². The average molecular weight is 289 g/mol. The van der Waals surface area contributed by atoms with Crippen molar-refractivity contribution in [3.8, 4) is 0 Å². The zero-order valence-corrected chi connectivity index (χ0v) is 13.4. The van der Waals surface area contributed by atoms with E-state index in [4.69, 9.17) is 0 Å². The molecule has 1 N–H and O–H groups in total. The molecule has 0 aliphatic heterocycles. The number of fused-ring (bicyclic) bond motifs is 2. The predicted molar refractivity (Wildman–Crippen MR) is 83.1 cm³/mol. The van der Waals surface area contributed by atoms with E-state index < -0.39 is 0 Å². The van der Waals surface area contributed by atoms with E-state index in [9.17, 15) is 4.79 Å². The Balaban J connectivity index is 1.63. The van der Waals surface area contributed by atoms with Crippen LogP contribution in [0.25, 0.3) is 0 Å². The van der Waals surface area contributed by atoms with Gasteiger partial charge in [-0.3, -0.25) is 9.48 Å². The molecule has 0 saturated heterocycles.